The maximum Gasteiger partial charge on any atom is 0.429 e. The van der Waals surface area contributed by atoms with Crippen LogP contribution in [-0.4, -0.2) is 16.4 Å². The fourth-order valence-corrected chi connectivity index (χ4v) is 1.02. The molecule has 0 aromatic carbocycles. The smallest absolute Gasteiger partial charge is 0.429 e. The summed E-state index contributed by atoms with van der Waals surface area (Å²) in [7, 11) is 0. The molecule has 0 unspecified atom stereocenters. The first-order valence-corrected chi connectivity index (χ1v) is 4.35. The summed E-state index contributed by atoms with van der Waals surface area (Å²) in [4.78, 5) is 10.7. The Kier molecular flexibility index (Phi) is 3.39. The first kappa shape index (κ1) is 9.06. The molecule has 0 saturated heterocycles. The average Bonchev–Trinajstić information content (AvgIpc) is 1.83. The van der Waals surface area contributed by atoms with Crippen molar-refractivity contribution in [3.63, 3.8) is 0 Å². The summed E-state index contributed by atoms with van der Waals surface area (Å²) in [5, 5.41) is 0. The van der Waals surface area contributed by atoms with E-state index in [1.807, 2.05) is 0 Å². The molecule has 0 aliphatic heterocycles. The maximum absolute atomic E-state index is 10.7. The molecule has 1 amide bonds. The summed E-state index contributed by atoms with van der Waals surface area (Å²) < 4.78 is 5.69. The summed E-state index contributed by atoms with van der Waals surface area (Å²) in [6.45, 7) is 0.510. The van der Waals surface area contributed by atoms with E-state index in [2.05, 4.69) is 25.6 Å². The van der Waals surface area contributed by atoms with E-state index in [0.29, 0.717) is 12.5 Å². The number of nitrogens with zero attached hydrogens (tertiary/aromatic N) is 1. The largest absolute Gasteiger partial charge is 0.448 e. The second kappa shape index (κ2) is 4.11. The molecule has 64 valence electrons. The molecule has 1 fully saturated rings. The number of rotatable bonds is 2. The maximum atomic E-state index is 10.7. The van der Waals surface area contributed by atoms with E-state index in [4.69, 9.17) is 4.74 Å². The van der Waals surface area contributed by atoms with Crippen molar-refractivity contribution in [2.75, 3.05) is 6.61 Å². The molecule has 3 nitrogen and oxygen atoms in total. The zero-order chi connectivity index (χ0) is 8.27. The van der Waals surface area contributed by atoms with Crippen LogP contribution in [0.5, 0.6) is 0 Å². The second-order valence-electron chi connectivity index (χ2n) is 2.66. The zero-order valence-corrected chi connectivity index (χ0v) is 7.85. The molecule has 0 aromatic heterocycles. The molecule has 0 N–H and O–H groups in total. The van der Waals surface area contributed by atoms with Crippen LogP contribution >= 0.6 is 25.6 Å². The van der Waals surface area contributed by atoms with Crippen molar-refractivity contribution >= 4 is 31.7 Å². The number of ether oxygens (including phenoxy) is 1. The summed E-state index contributed by atoms with van der Waals surface area (Å²) in [5.41, 5.74) is 0. The second-order valence-corrected chi connectivity index (χ2v) is 3.78. The third-order valence-corrected chi connectivity index (χ3v) is 2.16. The molecule has 11 heavy (non-hydrogen) atoms. The molecule has 0 heterocycles. The molecule has 0 spiro atoms. The van der Waals surface area contributed by atoms with Gasteiger partial charge >= 0.3 is 6.09 Å². The van der Waals surface area contributed by atoms with Crippen LogP contribution in [0.4, 0.5) is 4.79 Å². The fraction of sp³-hybridized carbons (Fsp3) is 0.833. The van der Waals surface area contributed by atoms with Gasteiger partial charge in [0.15, 0.2) is 0 Å². The van der Waals surface area contributed by atoms with Crippen LogP contribution < -0.4 is 0 Å². The van der Waals surface area contributed by atoms with Crippen molar-refractivity contribution < 1.29 is 9.53 Å². The first-order chi connectivity index (χ1) is 5.20. The summed E-state index contributed by atoms with van der Waals surface area (Å²) in [6, 6.07) is 0. The fourth-order valence-electron chi connectivity index (χ4n) is 0.906. The van der Waals surface area contributed by atoms with Gasteiger partial charge in [0, 0.05) is 0 Å². The molecule has 0 bridgehead atoms. The monoisotopic (exact) mass is 193 g/mol. The van der Waals surface area contributed by atoms with Gasteiger partial charge in [-0.15, -0.1) is 0 Å². The van der Waals surface area contributed by atoms with E-state index in [1.165, 1.54) is 19.3 Å². The van der Waals surface area contributed by atoms with Crippen LogP contribution in [0, 0.1) is 5.92 Å². The van der Waals surface area contributed by atoms with E-state index in [1.54, 1.807) is 0 Å². The number of thiol groups is 2. The number of carbonyl (C=O) groups excluding carboxylic acids is 1. The Balaban J connectivity index is 2.06. The summed E-state index contributed by atoms with van der Waals surface area (Å²) in [5.74, 6) is 0.570. The molecule has 1 aliphatic carbocycles. The van der Waals surface area contributed by atoms with E-state index in [9.17, 15) is 4.79 Å². The van der Waals surface area contributed by atoms with Crippen molar-refractivity contribution in [2.45, 2.75) is 19.3 Å². The Hall–Kier alpha value is -0.0300. The number of amides is 1. The molecule has 0 radical (unpaired) electrons. The van der Waals surface area contributed by atoms with E-state index >= 15 is 0 Å². The van der Waals surface area contributed by atoms with Crippen LogP contribution in [0.3, 0.4) is 0 Å². The van der Waals surface area contributed by atoms with Gasteiger partial charge in [0.05, 0.1) is 6.61 Å². The molecule has 1 aliphatic rings. The molecule has 1 saturated carbocycles. The van der Waals surface area contributed by atoms with Gasteiger partial charge in [-0.2, -0.15) is 3.71 Å². The Bertz CT molecular complexity index is 148. The predicted octanol–water partition coefficient (Wildman–Crippen LogP) is 1.91. The highest BCUT2D eigenvalue weighted by Gasteiger charge is 2.19. The van der Waals surface area contributed by atoms with Crippen LogP contribution in [0.2, 0.25) is 0 Å². The lowest BCUT2D eigenvalue weighted by Crippen LogP contribution is -2.22. The van der Waals surface area contributed by atoms with Gasteiger partial charge in [0.1, 0.15) is 0 Å². The number of carbonyl (C=O) groups is 1. The Morgan fingerprint density at radius 1 is 1.55 bits per heavy atom. The first-order valence-electron chi connectivity index (χ1n) is 3.55. The molecule has 5 heteroatoms. The number of hydrogen-bond acceptors (Lipinski definition) is 4. The van der Waals surface area contributed by atoms with Gasteiger partial charge < -0.3 is 4.74 Å². The Morgan fingerprint density at radius 3 is 2.55 bits per heavy atom. The minimum atomic E-state index is -0.497. The van der Waals surface area contributed by atoms with Crippen LogP contribution in [0.1, 0.15) is 19.3 Å². The quantitative estimate of drug-likeness (QED) is 0.656. The highest BCUT2D eigenvalue weighted by Crippen LogP contribution is 2.26. The Morgan fingerprint density at radius 2 is 2.18 bits per heavy atom. The lowest BCUT2D eigenvalue weighted by atomic mass is 9.86. The van der Waals surface area contributed by atoms with Crippen molar-refractivity contribution in [2.24, 2.45) is 5.92 Å². The molecular weight excluding hydrogens is 182 g/mol. The summed E-state index contributed by atoms with van der Waals surface area (Å²) in [6.07, 6.45) is 3.11. The third-order valence-electron chi connectivity index (χ3n) is 1.83. The van der Waals surface area contributed by atoms with Gasteiger partial charge in [-0.3, -0.25) is 0 Å². The van der Waals surface area contributed by atoms with Crippen molar-refractivity contribution in [1.29, 1.82) is 0 Å². The average molecular weight is 193 g/mol. The topological polar surface area (TPSA) is 29.5 Å². The van der Waals surface area contributed by atoms with Crippen LogP contribution in [-0.2, 0) is 4.74 Å². The zero-order valence-electron chi connectivity index (χ0n) is 6.06. The number of hydrogen-bond donors (Lipinski definition) is 2. The third kappa shape index (κ3) is 2.83. The van der Waals surface area contributed by atoms with Gasteiger partial charge in [0.2, 0.25) is 0 Å². The van der Waals surface area contributed by atoms with Gasteiger partial charge in [-0.05, 0) is 44.4 Å². The predicted molar refractivity (Wildman–Crippen MR) is 48.5 cm³/mol. The lowest BCUT2D eigenvalue weighted by molar-refractivity contribution is 0.101. The van der Waals surface area contributed by atoms with Crippen molar-refractivity contribution in [3.8, 4) is 0 Å². The minimum Gasteiger partial charge on any atom is -0.448 e. The highest BCUT2D eigenvalue weighted by molar-refractivity contribution is 7.94. The van der Waals surface area contributed by atoms with Crippen molar-refractivity contribution in [3.05, 3.63) is 0 Å². The van der Waals surface area contributed by atoms with Gasteiger partial charge in [-0.1, -0.05) is 6.42 Å². The Labute approximate surface area is 77.2 Å². The normalized spacial score (nSPS) is 17.3. The van der Waals surface area contributed by atoms with Gasteiger partial charge in [0.25, 0.3) is 0 Å². The lowest BCUT2D eigenvalue weighted by Gasteiger charge is -2.24. The SMILES string of the molecule is O=C(OCC1CCC1)N(S)S. The van der Waals surface area contributed by atoms with E-state index in [0.717, 1.165) is 3.71 Å². The molecule has 1 rings (SSSR count). The minimum absolute atomic E-state index is 0.497. The molecular formula is C6H11NO2S2. The van der Waals surface area contributed by atoms with Crippen LogP contribution in [0.25, 0.3) is 0 Å². The van der Waals surface area contributed by atoms with Crippen LogP contribution in [0.15, 0.2) is 0 Å². The standard InChI is InChI=1S/C6H11NO2S2/c8-6(7(10)11)9-4-5-2-1-3-5/h5,10-11H,1-4H2. The van der Waals surface area contributed by atoms with Crippen molar-refractivity contribution in [1.82, 2.24) is 3.71 Å². The van der Waals surface area contributed by atoms with E-state index < -0.39 is 6.09 Å². The molecule has 0 atom stereocenters. The summed E-state index contributed by atoms with van der Waals surface area (Å²) >= 11 is 7.33. The van der Waals surface area contributed by atoms with Gasteiger partial charge in [-0.25, -0.2) is 4.79 Å². The van der Waals surface area contributed by atoms with E-state index in [-0.39, 0.29) is 0 Å². The molecule has 0 aromatic rings. The highest BCUT2D eigenvalue weighted by atomic mass is 32.2.